The van der Waals surface area contributed by atoms with Crippen LogP contribution < -0.4 is 0 Å². The highest BCUT2D eigenvalue weighted by Crippen LogP contribution is 2.32. The number of rotatable bonds is 2. The van der Waals surface area contributed by atoms with Crippen molar-refractivity contribution < 1.29 is 9.53 Å². The second-order valence-corrected chi connectivity index (χ2v) is 5.91. The molecule has 2 aliphatic rings. The first kappa shape index (κ1) is 12.1. The summed E-state index contributed by atoms with van der Waals surface area (Å²) in [7, 11) is 0. The lowest BCUT2D eigenvalue weighted by Gasteiger charge is -2.34. The molecule has 92 valence electrons. The molecule has 0 N–H and O–H groups in total. The van der Waals surface area contributed by atoms with Gasteiger partial charge in [-0.1, -0.05) is 13.8 Å². The average Bonchev–Trinajstić information content (AvgIpc) is 2.20. The topological polar surface area (TPSA) is 26.3 Å². The third-order valence-electron chi connectivity index (χ3n) is 4.01. The van der Waals surface area contributed by atoms with E-state index in [9.17, 15) is 4.79 Å². The summed E-state index contributed by atoms with van der Waals surface area (Å²) >= 11 is 0. The van der Waals surface area contributed by atoms with Crippen LogP contribution in [0.5, 0.6) is 0 Å². The van der Waals surface area contributed by atoms with Gasteiger partial charge in [0, 0.05) is 12.8 Å². The van der Waals surface area contributed by atoms with E-state index in [1.165, 1.54) is 19.3 Å². The minimum absolute atomic E-state index is 0.361. The molecule has 0 saturated heterocycles. The monoisotopic (exact) mass is 224 g/mol. The fraction of sp³-hybridized carbons (Fsp3) is 0.929. The average molecular weight is 224 g/mol. The summed E-state index contributed by atoms with van der Waals surface area (Å²) in [5.41, 5.74) is 0. The van der Waals surface area contributed by atoms with Gasteiger partial charge in [0.15, 0.2) is 0 Å². The molecule has 2 saturated carbocycles. The fourth-order valence-corrected chi connectivity index (χ4v) is 3.31. The van der Waals surface area contributed by atoms with Crippen molar-refractivity contribution in [3.8, 4) is 0 Å². The SMILES string of the molecule is CC1CC(C)CC(OC2CCC(=O)CC2)C1. The summed E-state index contributed by atoms with van der Waals surface area (Å²) in [6.07, 6.45) is 7.99. The number of hydrogen-bond acceptors (Lipinski definition) is 2. The van der Waals surface area contributed by atoms with Crippen LogP contribution in [-0.4, -0.2) is 18.0 Å². The van der Waals surface area contributed by atoms with Crippen molar-refractivity contribution >= 4 is 5.78 Å². The molecule has 0 heterocycles. The molecule has 2 fully saturated rings. The molecule has 0 aromatic heterocycles. The Labute approximate surface area is 98.7 Å². The molecule has 0 aliphatic heterocycles. The molecule has 2 nitrogen and oxygen atoms in total. The Morgan fingerprint density at radius 2 is 1.50 bits per heavy atom. The molecule has 0 amide bonds. The van der Waals surface area contributed by atoms with E-state index in [4.69, 9.17) is 4.74 Å². The minimum Gasteiger partial charge on any atom is -0.375 e. The normalized spacial score (nSPS) is 37.6. The first-order valence-corrected chi connectivity index (χ1v) is 6.80. The minimum atomic E-state index is 0.361. The first-order chi connectivity index (χ1) is 7.63. The third-order valence-corrected chi connectivity index (χ3v) is 4.01. The van der Waals surface area contributed by atoms with E-state index in [0.717, 1.165) is 37.5 Å². The number of carbonyl (C=O) groups excluding carboxylic acids is 1. The van der Waals surface area contributed by atoms with E-state index in [-0.39, 0.29) is 0 Å². The third kappa shape index (κ3) is 3.31. The Bertz CT molecular complexity index is 229. The standard InChI is InChI=1S/C14H24O2/c1-10-7-11(2)9-14(8-10)16-13-5-3-12(15)4-6-13/h10-11,13-14H,3-9H2,1-2H3. The van der Waals surface area contributed by atoms with Crippen LogP contribution >= 0.6 is 0 Å². The van der Waals surface area contributed by atoms with Crippen LogP contribution in [0.25, 0.3) is 0 Å². The van der Waals surface area contributed by atoms with Crippen molar-refractivity contribution in [2.75, 3.05) is 0 Å². The predicted molar refractivity (Wildman–Crippen MR) is 64.3 cm³/mol. The zero-order chi connectivity index (χ0) is 11.5. The van der Waals surface area contributed by atoms with Gasteiger partial charge in [0.05, 0.1) is 12.2 Å². The Balaban J connectivity index is 1.78. The zero-order valence-electron chi connectivity index (χ0n) is 10.6. The van der Waals surface area contributed by atoms with E-state index in [1.54, 1.807) is 0 Å². The van der Waals surface area contributed by atoms with Gasteiger partial charge in [0.25, 0.3) is 0 Å². The summed E-state index contributed by atoms with van der Waals surface area (Å²) in [6, 6.07) is 0. The molecule has 0 bridgehead atoms. The maximum Gasteiger partial charge on any atom is 0.133 e. The van der Waals surface area contributed by atoms with Gasteiger partial charge in [0.1, 0.15) is 5.78 Å². The van der Waals surface area contributed by atoms with Gasteiger partial charge >= 0.3 is 0 Å². The molecule has 2 heteroatoms. The van der Waals surface area contributed by atoms with E-state index >= 15 is 0 Å². The summed E-state index contributed by atoms with van der Waals surface area (Å²) in [4.78, 5) is 11.1. The van der Waals surface area contributed by atoms with Gasteiger partial charge in [-0.15, -0.1) is 0 Å². The molecule has 0 radical (unpaired) electrons. The molecule has 2 atom stereocenters. The van der Waals surface area contributed by atoms with Crippen molar-refractivity contribution in [3.63, 3.8) is 0 Å². The lowest BCUT2D eigenvalue weighted by Crippen LogP contribution is -2.32. The van der Waals surface area contributed by atoms with E-state index in [2.05, 4.69) is 13.8 Å². The van der Waals surface area contributed by atoms with Crippen LogP contribution in [0, 0.1) is 11.8 Å². The van der Waals surface area contributed by atoms with Gasteiger partial charge in [-0.25, -0.2) is 0 Å². The molecule has 2 aliphatic carbocycles. The molecule has 16 heavy (non-hydrogen) atoms. The highest BCUT2D eigenvalue weighted by atomic mass is 16.5. The maximum atomic E-state index is 11.1. The second-order valence-electron chi connectivity index (χ2n) is 5.91. The smallest absolute Gasteiger partial charge is 0.133 e. The van der Waals surface area contributed by atoms with Crippen LogP contribution in [0.4, 0.5) is 0 Å². The number of carbonyl (C=O) groups is 1. The number of Topliss-reactive ketones (excluding diaryl/α,β-unsaturated/α-hetero) is 1. The van der Waals surface area contributed by atoms with E-state index < -0.39 is 0 Å². The lowest BCUT2D eigenvalue weighted by molar-refractivity contribution is -0.125. The van der Waals surface area contributed by atoms with E-state index in [0.29, 0.717) is 18.0 Å². The first-order valence-electron chi connectivity index (χ1n) is 6.80. The van der Waals surface area contributed by atoms with Gasteiger partial charge in [-0.3, -0.25) is 4.79 Å². The van der Waals surface area contributed by atoms with Gasteiger partial charge < -0.3 is 4.74 Å². The number of ether oxygens (including phenoxy) is 1. The number of ketones is 1. The Kier molecular flexibility index (Phi) is 4.01. The van der Waals surface area contributed by atoms with Gasteiger partial charge in [-0.05, 0) is 43.9 Å². The van der Waals surface area contributed by atoms with Crippen molar-refractivity contribution in [2.45, 2.75) is 71.0 Å². The van der Waals surface area contributed by atoms with Crippen LogP contribution in [0.2, 0.25) is 0 Å². The van der Waals surface area contributed by atoms with Crippen molar-refractivity contribution in [2.24, 2.45) is 11.8 Å². The maximum absolute atomic E-state index is 11.1. The number of hydrogen-bond donors (Lipinski definition) is 0. The Morgan fingerprint density at radius 1 is 0.938 bits per heavy atom. The zero-order valence-corrected chi connectivity index (χ0v) is 10.6. The highest BCUT2D eigenvalue weighted by molar-refractivity contribution is 5.79. The van der Waals surface area contributed by atoms with Crippen LogP contribution in [-0.2, 0) is 9.53 Å². The van der Waals surface area contributed by atoms with Gasteiger partial charge in [-0.2, -0.15) is 0 Å². The molecular formula is C14H24O2. The molecule has 0 spiro atoms. The van der Waals surface area contributed by atoms with E-state index in [1.807, 2.05) is 0 Å². The summed E-state index contributed by atoms with van der Waals surface area (Å²) < 4.78 is 6.17. The lowest BCUT2D eigenvalue weighted by atomic mass is 9.81. The van der Waals surface area contributed by atoms with Crippen molar-refractivity contribution in [1.29, 1.82) is 0 Å². The van der Waals surface area contributed by atoms with Crippen molar-refractivity contribution in [3.05, 3.63) is 0 Å². The van der Waals surface area contributed by atoms with Crippen LogP contribution in [0.1, 0.15) is 58.8 Å². The molecule has 0 aromatic rings. The Morgan fingerprint density at radius 3 is 2.06 bits per heavy atom. The highest BCUT2D eigenvalue weighted by Gasteiger charge is 2.28. The molecule has 0 aromatic carbocycles. The summed E-state index contributed by atoms with van der Waals surface area (Å²) in [5.74, 6) is 2.03. The van der Waals surface area contributed by atoms with Crippen molar-refractivity contribution in [1.82, 2.24) is 0 Å². The van der Waals surface area contributed by atoms with Gasteiger partial charge in [0.2, 0.25) is 0 Å². The summed E-state index contributed by atoms with van der Waals surface area (Å²) in [6.45, 7) is 4.66. The molecule has 2 unspecified atom stereocenters. The second kappa shape index (κ2) is 5.31. The predicted octanol–water partition coefficient (Wildman–Crippen LogP) is 3.34. The molecular weight excluding hydrogens is 200 g/mol. The van der Waals surface area contributed by atoms with Crippen LogP contribution in [0.15, 0.2) is 0 Å². The Hall–Kier alpha value is -0.370. The van der Waals surface area contributed by atoms with Crippen LogP contribution in [0.3, 0.4) is 0 Å². The summed E-state index contributed by atoms with van der Waals surface area (Å²) in [5, 5.41) is 0. The fourth-order valence-electron chi connectivity index (χ4n) is 3.31. The quantitative estimate of drug-likeness (QED) is 0.719. The molecule has 2 rings (SSSR count). The largest absolute Gasteiger partial charge is 0.375 e.